The molecule has 4 aromatic rings. The fourth-order valence-corrected chi connectivity index (χ4v) is 5.05. The lowest BCUT2D eigenvalue weighted by molar-refractivity contribution is 0.469. The van der Waals surface area contributed by atoms with Gasteiger partial charge in [-0.3, -0.25) is 0 Å². The quantitative estimate of drug-likeness (QED) is 0.231. The average molecular weight is 419 g/mol. The van der Waals surface area contributed by atoms with E-state index in [9.17, 15) is 0 Å². The SMILES string of the molecule is CC.CC(C)(C)C.c1ccc2c(c1)-c1ccccc1C21c2ccccc2-c2ccccc21. The highest BCUT2D eigenvalue weighted by Crippen LogP contribution is 2.62. The molecule has 0 heteroatoms. The number of fused-ring (bicyclic) bond motifs is 10. The van der Waals surface area contributed by atoms with E-state index in [0.717, 1.165) is 0 Å². The Labute approximate surface area is 194 Å². The van der Waals surface area contributed by atoms with Crippen LogP contribution in [0, 0.1) is 5.41 Å². The van der Waals surface area contributed by atoms with Crippen molar-refractivity contribution in [2.45, 2.75) is 47.0 Å². The third-order valence-corrected chi connectivity index (χ3v) is 5.90. The Bertz CT molecular complexity index is 1040. The van der Waals surface area contributed by atoms with Crippen LogP contribution in [-0.4, -0.2) is 0 Å². The van der Waals surface area contributed by atoms with Crippen molar-refractivity contribution in [1.29, 1.82) is 0 Å². The zero-order valence-corrected chi connectivity index (χ0v) is 20.2. The first-order valence-corrected chi connectivity index (χ1v) is 11.8. The third-order valence-electron chi connectivity index (χ3n) is 5.90. The molecule has 0 fully saturated rings. The van der Waals surface area contributed by atoms with Crippen LogP contribution in [0.2, 0.25) is 0 Å². The van der Waals surface area contributed by atoms with Gasteiger partial charge in [-0.25, -0.2) is 0 Å². The van der Waals surface area contributed by atoms with Gasteiger partial charge in [-0.1, -0.05) is 139 Å². The molecule has 0 N–H and O–H groups in total. The van der Waals surface area contributed by atoms with E-state index in [2.05, 4.69) is 125 Å². The lowest BCUT2D eigenvalue weighted by atomic mass is 9.70. The average Bonchev–Trinajstić information content (AvgIpc) is 3.27. The molecule has 2 aliphatic rings. The van der Waals surface area contributed by atoms with Crippen molar-refractivity contribution in [3.05, 3.63) is 119 Å². The Balaban J connectivity index is 0.000000313. The molecule has 0 heterocycles. The minimum absolute atomic E-state index is 0.180. The van der Waals surface area contributed by atoms with Crippen LogP contribution in [0.15, 0.2) is 97.1 Å². The molecular formula is C32H34. The van der Waals surface area contributed by atoms with Gasteiger partial charge in [-0.15, -0.1) is 0 Å². The van der Waals surface area contributed by atoms with Crippen molar-refractivity contribution in [2.24, 2.45) is 5.41 Å². The summed E-state index contributed by atoms with van der Waals surface area (Å²) in [6.45, 7) is 12.8. The minimum Gasteiger partial charge on any atom is -0.0683 e. The fraction of sp³-hybridized carbons (Fsp3) is 0.250. The van der Waals surface area contributed by atoms with Gasteiger partial charge in [0.2, 0.25) is 0 Å². The topological polar surface area (TPSA) is 0 Å². The van der Waals surface area contributed by atoms with E-state index in [-0.39, 0.29) is 5.41 Å². The molecule has 162 valence electrons. The van der Waals surface area contributed by atoms with Gasteiger partial charge in [0, 0.05) is 0 Å². The van der Waals surface area contributed by atoms with Crippen LogP contribution in [0.5, 0.6) is 0 Å². The second kappa shape index (κ2) is 8.43. The molecule has 0 amide bonds. The maximum absolute atomic E-state index is 2.31. The predicted octanol–water partition coefficient (Wildman–Crippen LogP) is 9.11. The Hall–Kier alpha value is -3.12. The van der Waals surface area contributed by atoms with Crippen molar-refractivity contribution in [2.75, 3.05) is 0 Å². The van der Waals surface area contributed by atoms with E-state index in [1.54, 1.807) is 0 Å². The monoisotopic (exact) mass is 418 g/mol. The smallest absolute Gasteiger partial charge is 0.0683 e. The summed E-state index contributed by atoms with van der Waals surface area (Å²) in [6, 6.07) is 35.7. The van der Waals surface area contributed by atoms with E-state index < -0.39 is 0 Å². The predicted molar refractivity (Wildman–Crippen MR) is 139 cm³/mol. The van der Waals surface area contributed by atoms with Gasteiger partial charge in [0.25, 0.3) is 0 Å². The van der Waals surface area contributed by atoms with E-state index >= 15 is 0 Å². The summed E-state index contributed by atoms with van der Waals surface area (Å²) in [5, 5.41) is 0. The zero-order valence-electron chi connectivity index (χ0n) is 20.2. The van der Waals surface area contributed by atoms with Crippen molar-refractivity contribution in [1.82, 2.24) is 0 Å². The molecule has 0 saturated heterocycles. The van der Waals surface area contributed by atoms with Crippen LogP contribution in [-0.2, 0) is 5.41 Å². The van der Waals surface area contributed by atoms with E-state index in [1.165, 1.54) is 44.5 Å². The molecule has 6 rings (SSSR count). The highest BCUT2D eigenvalue weighted by atomic mass is 14.5. The lowest BCUT2D eigenvalue weighted by Crippen LogP contribution is -2.25. The molecule has 0 atom stereocenters. The normalized spacial score (nSPS) is 13.6. The van der Waals surface area contributed by atoms with Gasteiger partial charge in [-0.2, -0.15) is 0 Å². The molecule has 0 unspecified atom stereocenters. The van der Waals surface area contributed by atoms with Crippen LogP contribution in [0.25, 0.3) is 22.3 Å². The summed E-state index contributed by atoms with van der Waals surface area (Å²) in [6.07, 6.45) is 0. The van der Waals surface area contributed by atoms with E-state index in [1.807, 2.05) is 13.8 Å². The van der Waals surface area contributed by atoms with E-state index in [4.69, 9.17) is 0 Å². The number of hydrogen-bond acceptors (Lipinski definition) is 0. The van der Waals surface area contributed by atoms with Crippen LogP contribution < -0.4 is 0 Å². The molecule has 0 radical (unpaired) electrons. The highest BCUT2D eigenvalue weighted by molar-refractivity contribution is 5.94. The summed E-state index contributed by atoms with van der Waals surface area (Å²) in [7, 11) is 0. The van der Waals surface area contributed by atoms with Gasteiger partial charge < -0.3 is 0 Å². The molecular weight excluding hydrogens is 384 g/mol. The first kappa shape index (κ1) is 22.1. The molecule has 4 aromatic carbocycles. The molecule has 0 aliphatic heterocycles. The minimum atomic E-state index is -0.180. The summed E-state index contributed by atoms with van der Waals surface area (Å²) in [4.78, 5) is 0. The zero-order chi connectivity index (χ0) is 22.9. The summed E-state index contributed by atoms with van der Waals surface area (Å²) < 4.78 is 0. The van der Waals surface area contributed by atoms with Crippen molar-refractivity contribution < 1.29 is 0 Å². The maximum atomic E-state index is 2.31. The first-order chi connectivity index (χ1) is 15.4. The second-order valence-corrected chi connectivity index (χ2v) is 9.93. The number of rotatable bonds is 0. The molecule has 32 heavy (non-hydrogen) atoms. The molecule has 2 aliphatic carbocycles. The molecule has 0 bridgehead atoms. The van der Waals surface area contributed by atoms with Crippen LogP contribution in [0.3, 0.4) is 0 Å². The Kier molecular flexibility index (Phi) is 5.82. The largest absolute Gasteiger partial charge is 0.0725 e. The van der Waals surface area contributed by atoms with Gasteiger partial charge >= 0.3 is 0 Å². The summed E-state index contributed by atoms with van der Waals surface area (Å²) in [5.41, 5.74) is 11.4. The number of benzene rings is 4. The maximum Gasteiger partial charge on any atom is 0.0725 e. The lowest BCUT2D eigenvalue weighted by Gasteiger charge is -2.30. The number of hydrogen-bond donors (Lipinski definition) is 0. The molecule has 0 saturated carbocycles. The van der Waals surface area contributed by atoms with Crippen molar-refractivity contribution in [3.8, 4) is 22.3 Å². The van der Waals surface area contributed by atoms with Crippen molar-refractivity contribution in [3.63, 3.8) is 0 Å². The Morgan fingerprint density at radius 3 is 0.812 bits per heavy atom. The first-order valence-electron chi connectivity index (χ1n) is 11.8. The molecule has 0 aromatic heterocycles. The van der Waals surface area contributed by atoms with Gasteiger partial charge in [0.05, 0.1) is 5.41 Å². The fourth-order valence-electron chi connectivity index (χ4n) is 5.05. The molecule has 1 spiro atoms. The highest BCUT2D eigenvalue weighted by Gasteiger charge is 2.51. The summed E-state index contributed by atoms with van der Waals surface area (Å²) in [5.74, 6) is 0. The standard InChI is InChI=1S/C25H16.C5H12.C2H6/c1-5-13-21-17(9-1)18-10-2-6-14-22(18)25(21)23-15-7-3-11-19(23)20-12-4-8-16-24(20)25;1-5(2,3)4;1-2/h1-16H;1-4H3;1-2H3. The summed E-state index contributed by atoms with van der Waals surface area (Å²) >= 11 is 0. The third kappa shape index (κ3) is 3.39. The van der Waals surface area contributed by atoms with Crippen molar-refractivity contribution >= 4 is 0 Å². The molecule has 0 nitrogen and oxygen atoms in total. The second-order valence-electron chi connectivity index (χ2n) is 9.93. The van der Waals surface area contributed by atoms with Gasteiger partial charge in [0.15, 0.2) is 0 Å². The van der Waals surface area contributed by atoms with Crippen LogP contribution in [0.1, 0.15) is 63.8 Å². The Morgan fingerprint density at radius 2 is 0.594 bits per heavy atom. The van der Waals surface area contributed by atoms with Gasteiger partial charge in [-0.05, 0) is 49.9 Å². The van der Waals surface area contributed by atoms with Crippen LogP contribution >= 0.6 is 0 Å². The Morgan fingerprint density at radius 1 is 0.406 bits per heavy atom. The van der Waals surface area contributed by atoms with Crippen LogP contribution in [0.4, 0.5) is 0 Å². The van der Waals surface area contributed by atoms with Gasteiger partial charge in [0.1, 0.15) is 0 Å². The van der Waals surface area contributed by atoms with E-state index in [0.29, 0.717) is 5.41 Å².